The standard InChI is InChI=1S/C9H14N2O3/c12-6-8(14)7(13)5-11-9-3-1-2-4-10-9/h1-4,7-8,12-14H,5-6H2,(H,10,11)/t7-,8+/m0/s1. The van der Waals surface area contributed by atoms with Gasteiger partial charge >= 0.3 is 0 Å². The third-order valence-electron chi connectivity index (χ3n) is 1.79. The molecule has 0 saturated carbocycles. The molecule has 1 aromatic heterocycles. The Labute approximate surface area is 82.0 Å². The van der Waals surface area contributed by atoms with E-state index in [2.05, 4.69) is 10.3 Å². The molecule has 0 aliphatic carbocycles. The fourth-order valence-electron chi connectivity index (χ4n) is 0.934. The maximum atomic E-state index is 9.28. The highest BCUT2D eigenvalue weighted by atomic mass is 16.4. The first kappa shape index (κ1) is 10.9. The zero-order valence-corrected chi connectivity index (χ0v) is 7.67. The Kier molecular flexibility index (Phi) is 4.31. The molecule has 0 saturated heterocycles. The number of rotatable bonds is 5. The molecule has 0 bridgehead atoms. The Bertz CT molecular complexity index is 255. The normalized spacial score (nSPS) is 14.8. The Morgan fingerprint density at radius 3 is 2.64 bits per heavy atom. The topological polar surface area (TPSA) is 85.6 Å². The summed E-state index contributed by atoms with van der Waals surface area (Å²) in [6.45, 7) is -0.302. The maximum Gasteiger partial charge on any atom is 0.125 e. The van der Waals surface area contributed by atoms with Gasteiger partial charge in [-0.25, -0.2) is 4.98 Å². The van der Waals surface area contributed by atoms with Crippen molar-refractivity contribution in [2.75, 3.05) is 18.5 Å². The molecule has 0 aliphatic rings. The fraction of sp³-hybridized carbons (Fsp3) is 0.444. The van der Waals surface area contributed by atoms with Gasteiger partial charge in [0, 0.05) is 12.7 Å². The van der Waals surface area contributed by atoms with E-state index in [1.54, 1.807) is 18.3 Å². The fourth-order valence-corrected chi connectivity index (χ4v) is 0.934. The van der Waals surface area contributed by atoms with Crippen LogP contribution in [0.2, 0.25) is 0 Å². The molecule has 0 aromatic carbocycles. The highest BCUT2D eigenvalue weighted by Crippen LogP contribution is 2.01. The van der Waals surface area contributed by atoms with E-state index >= 15 is 0 Å². The predicted molar refractivity (Wildman–Crippen MR) is 51.8 cm³/mol. The molecule has 0 amide bonds. The Morgan fingerprint density at radius 2 is 2.07 bits per heavy atom. The molecule has 0 aliphatic heterocycles. The summed E-state index contributed by atoms with van der Waals surface area (Å²) < 4.78 is 0. The van der Waals surface area contributed by atoms with E-state index in [1.165, 1.54) is 0 Å². The van der Waals surface area contributed by atoms with Crippen LogP contribution in [0, 0.1) is 0 Å². The number of anilines is 1. The van der Waals surface area contributed by atoms with Gasteiger partial charge < -0.3 is 20.6 Å². The van der Waals surface area contributed by atoms with Gasteiger partial charge in [0.2, 0.25) is 0 Å². The summed E-state index contributed by atoms with van der Waals surface area (Å²) in [7, 11) is 0. The number of nitrogens with zero attached hydrogens (tertiary/aromatic N) is 1. The summed E-state index contributed by atoms with van der Waals surface area (Å²) in [6.07, 6.45) is -0.495. The number of hydrogen-bond donors (Lipinski definition) is 4. The lowest BCUT2D eigenvalue weighted by atomic mass is 10.2. The summed E-state index contributed by atoms with van der Waals surface area (Å²) >= 11 is 0. The SMILES string of the molecule is OC[C@@H](O)[C@@H](O)CNc1ccccn1. The van der Waals surface area contributed by atoms with Crippen LogP contribution in [-0.4, -0.2) is 45.7 Å². The van der Waals surface area contributed by atoms with Crippen LogP contribution >= 0.6 is 0 Å². The van der Waals surface area contributed by atoms with Crippen LogP contribution < -0.4 is 5.32 Å². The van der Waals surface area contributed by atoms with E-state index in [4.69, 9.17) is 10.2 Å². The summed E-state index contributed by atoms with van der Waals surface area (Å²) in [4.78, 5) is 3.97. The molecule has 2 atom stereocenters. The molecule has 1 rings (SSSR count). The van der Waals surface area contributed by atoms with Gasteiger partial charge in [-0.05, 0) is 12.1 Å². The van der Waals surface area contributed by atoms with Gasteiger partial charge in [0.1, 0.15) is 11.9 Å². The van der Waals surface area contributed by atoms with Crippen molar-refractivity contribution >= 4 is 5.82 Å². The van der Waals surface area contributed by atoms with Crippen molar-refractivity contribution in [1.29, 1.82) is 0 Å². The lowest BCUT2D eigenvalue weighted by molar-refractivity contribution is -0.00703. The van der Waals surface area contributed by atoms with E-state index < -0.39 is 18.8 Å². The minimum atomic E-state index is -1.12. The monoisotopic (exact) mass is 198 g/mol. The zero-order chi connectivity index (χ0) is 10.4. The van der Waals surface area contributed by atoms with Crippen LogP contribution in [0.5, 0.6) is 0 Å². The van der Waals surface area contributed by atoms with Crippen molar-refractivity contribution in [1.82, 2.24) is 4.98 Å². The van der Waals surface area contributed by atoms with Crippen molar-refractivity contribution < 1.29 is 15.3 Å². The van der Waals surface area contributed by atoms with Gasteiger partial charge in [0.05, 0.1) is 12.7 Å². The second-order valence-electron chi connectivity index (χ2n) is 2.91. The van der Waals surface area contributed by atoms with Crippen LogP contribution in [0.25, 0.3) is 0 Å². The van der Waals surface area contributed by atoms with Gasteiger partial charge in [0.25, 0.3) is 0 Å². The first-order chi connectivity index (χ1) is 6.74. The van der Waals surface area contributed by atoms with E-state index in [1.807, 2.05) is 6.07 Å². The van der Waals surface area contributed by atoms with Crippen LogP contribution in [0.4, 0.5) is 5.82 Å². The molecule has 78 valence electrons. The molecule has 1 heterocycles. The molecule has 5 heteroatoms. The molecule has 14 heavy (non-hydrogen) atoms. The second-order valence-corrected chi connectivity index (χ2v) is 2.91. The Balaban J connectivity index is 2.34. The zero-order valence-electron chi connectivity index (χ0n) is 7.67. The number of pyridine rings is 1. The number of hydrogen-bond acceptors (Lipinski definition) is 5. The highest BCUT2D eigenvalue weighted by molar-refractivity contribution is 5.33. The summed E-state index contributed by atoms with van der Waals surface area (Å²) in [5.41, 5.74) is 0. The third-order valence-corrected chi connectivity index (χ3v) is 1.79. The van der Waals surface area contributed by atoms with Gasteiger partial charge in [-0.2, -0.15) is 0 Å². The summed E-state index contributed by atoms with van der Waals surface area (Å²) in [5.74, 6) is 0.622. The minimum absolute atomic E-state index is 0.152. The minimum Gasteiger partial charge on any atom is -0.394 e. The smallest absolute Gasteiger partial charge is 0.125 e. The van der Waals surface area contributed by atoms with Crippen LogP contribution in [0.3, 0.4) is 0 Å². The third kappa shape index (κ3) is 3.29. The first-order valence-corrected chi connectivity index (χ1v) is 4.36. The van der Waals surface area contributed by atoms with Crippen molar-refractivity contribution in [2.45, 2.75) is 12.2 Å². The Hall–Kier alpha value is -1.17. The van der Waals surface area contributed by atoms with Crippen molar-refractivity contribution in [3.05, 3.63) is 24.4 Å². The average Bonchev–Trinajstić information content (AvgIpc) is 2.26. The van der Waals surface area contributed by atoms with Gasteiger partial charge in [0.15, 0.2) is 0 Å². The van der Waals surface area contributed by atoms with Gasteiger partial charge in [-0.1, -0.05) is 6.07 Å². The van der Waals surface area contributed by atoms with E-state index in [0.717, 1.165) is 0 Å². The van der Waals surface area contributed by atoms with Crippen LogP contribution in [0.15, 0.2) is 24.4 Å². The average molecular weight is 198 g/mol. The molecule has 0 unspecified atom stereocenters. The van der Waals surface area contributed by atoms with E-state index in [0.29, 0.717) is 5.82 Å². The lowest BCUT2D eigenvalue weighted by Crippen LogP contribution is -2.35. The molecule has 0 spiro atoms. The van der Waals surface area contributed by atoms with Gasteiger partial charge in [-0.3, -0.25) is 0 Å². The van der Waals surface area contributed by atoms with Crippen molar-refractivity contribution in [2.24, 2.45) is 0 Å². The van der Waals surface area contributed by atoms with Crippen LogP contribution in [0.1, 0.15) is 0 Å². The number of aliphatic hydroxyl groups excluding tert-OH is 3. The van der Waals surface area contributed by atoms with E-state index in [9.17, 15) is 5.11 Å². The number of aliphatic hydroxyl groups is 3. The summed E-state index contributed by atoms with van der Waals surface area (Å²) in [5, 5.41) is 29.7. The maximum absolute atomic E-state index is 9.28. The van der Waals surface area contributed by atoms with Crippen molar-refractivity contribution in [3.63, 3.8) is 0 Å². The Morgan fingerprint density at radius 1 is 1.29 bits per heavy atom. The molecule has 0 radical (unpaired) electrons. The molecule has 4 N–H and O–H groups in total. The van der Waals surface area contributed by atoms with Crippen LogP contribution in [-0.2, 0) is 0 Å². The molecular weight excluding hydrogens is 184 g/mol. The largest absolute Gasteiger partial charge is 0.394 e. The molecule has 0 fully saturated rings. The molecular formula is C9H14N2O3. The lowest BCUT2D eigenvalue weighted by Gasteiger charge is -2.16. The van der Waals surface area contributed by atoms with Gasteiger partial charge in [-0.15, -0.1) is 0 Å². The predicted octanol–water partition coefficient (Wildman–Crippen LogP) is -0.792. The highest BCUT2D eigenvalue weighted by Gasteiger charge is 2.14. The molecule has 5 nitrogen and oxygen atoms in total. The quantitative estimate of drug-likeness (QED) is 0.498. The number of aromatic nitrogens is 1. The second kappa shape index (κ2) is 5.54. The van der Waals surface area contributed by atoms with E-state index in [-0.39, 0.29) is 6.54 Å². The van der Waals surface area contributed by atoms with Crippen molar-refractivity contribution in [3.8, 4) is 0 Å². The summed E-state index contributed by atoms with van der Waals surface area (Å²) in [6, 6.07) is 5.34. The number of nitrogens with one attached hydrogen (secondary N) is 1. The molecule has 1 aromatic rings. The first-order valence-electron chi connectivity index (χ1n) is 4.36.